The van der Waals surface area contributed by atoms with Gasteiger partial charge in [0.05, 0.1) is 12.2 Å². The molecule has 0 aromatic heterocycles. The van der Waals surface area contributed by atoms with Crippen LogP contribution in [0.1, 0.15) is 5.56 Å². The zero-order chi connectivity index (χ0) is 10.8. The number of nitrogens with zero attached hydrogens (tertiary/aromatic N) is 1. The van der Waals surface area contributed by atoms with Crippen molar-refractivity contribution in [3.63, 3.8) is 0 Å². The fourth-order valence-electron chi connectivity index (χ4n) is 1.74. The lowest BCUT2D eigenvalue weighted by Crippen LogP contribution is -2.84. The molecule has 1 aromatic rings. The number of nitrogens with one attached hydrogen (secondary N) is 1. The van der Waals surface area contributed by atoms with Crippen LogP contribution in [0.5, 0.6) is 0 Å². The van der Waals surface area contributed by atoms with Crippen LogP contribution in [0.15, 0.2) is 24.3 Å². The third-order valence-corrected chi connectivity index (χ3v) is 2.38. The SMILES string of the molecule is NC(N)=[NH+]C(=O)N1CCc2ccccc21. The number of guanidine groups is 1. The largest absolute Gasteiger partial charge is 0.414 e. The van der Waals surface area contributed by atoms with Crippen LogP contribution in [0, 0.1) is 0 Å². The van der Waals surface area contributed by atoms with Gasteiger partial charge in [0, 0.05) is 6.42 Å². The molecule has 15 heavy (non-hydrogen) atoms. The zero-order valence-electron chi connectivity index (χ0n) is 8.23. The van der Waals surface area contributed by atoms with Gasteiger partial charge in [-0.15, -0.1) is 0 Å². The average Bonchev–Trinajstić information content (AvgIpc) is 2.59. The highest BCUT2D eigenvalue weighted by atomic mass is 16.2. The van der Waals surface area contributed by atoms with Crippen LogP contribution in [0.2, 0.25) is 0 Å². The second-order valence-electron chi connectivity index (χ2n) is 3.42. The highest BCUT2D eigenvalue weighted by molar-refractivity contribution is 5.90. The van der Waals surface area contributed by atoms with Crippen LogP contribution >= 0.6 is 0 Å². The van der Waals surface area contributed by atoms with Gasteiger partial charge in [-0.2, -0.15) is 0 Å². The van der Waals surface area contributed by atoms with E-state index in [1.807, 2.05) is 24.3 Å². The van der Waals surface area contributed by atoms with E-state index in [4.69, 9.17) is 11.5 Å². The van der Waals surface area contributed by atoms with Crippen LogP contribution < -0.4 is 21.4 Å². The van der Waals surface area contributed by atoms with Crippen molar-refractivity contribution < 1.29 is 9.79 Å². The summed E-state index contributed by atoms with van der Waals surface area (Å²) < 4.78 is 0. The molecule has 0 atom stereocenters. The smallest absolute Gasteiger partial charge is 0.310 e. The molecule has 2 rings (SSSR count). The number of para-hydroxylation sites is 1. The molecule has 1 heterocycles. The molecular formula is C10H13N4O+. The Morgan fingerprint density at radius 2 is 2.07 bits per heavy atom. The van der Waals surface area contributed by atoms with Crippen molar-refractivity contribution in [2.45, 2.75) is 6.42 Å². The van der Waals surface area contributed by atoms with Gasteiger partial charge in [0.15, 0.2) is 0 Å². The maximum Gasteiger partial charge on any atom is 0.414 e. The van der Waals surface area contributed by atoms with Gasteiger partial charge in [-0.1, -0.05) is 18.2 Å². The molecule has 0 bridgehead atoms. The van der Waals surface area contributed by atoms with E-state index in [1.165, 1.54) is 5.56 Å². The minimum Gasteiger partial charge on any atom is -0.310 e. The Hall–Kier alpha value is -2.04. The van der Waals surface area contributed by atoms with E-state index >= 15 is 0 Å². The first-order chi connectivity index (χ1) is 7.18. The Bertz CT molecular complexity index is 423. The minimum absolute atomic E-state index is 0.0793. The van der Waals surface area contributed by atoms with Gasteiger partial charge in [0.2, 0.25) is 0 Å². The monoisotopic (exact) mass is 205 g/mol. The molecule has 78 valence electrons. The molecule has 2 amide bonds. The Morgan fingerprint density at radius 3 is 2.80 bits per heavy atom. The predicted octanol–water partition coefficient (Wildman–Crippen LogP) is -1.48. The number of amides is 2. The van der Waals surface area contributed by atoms with Crippen molar-refractivity contribution in [2.75, 3.05) is 11.4 Å². The fraction of sp³-hybridized carbons (Fsp3) is 0.200. The van der Waals surface area contributed by atoms with E-state index in [0.717, 1.165) is 12.1 Å². The van der Waals surface area contributed by atoms with Crippen molar-refractivity contribution in [3.8, 4) is 0 Å². The summed E-state index contributed by atoms with van der Waals surface area (Å²) >= 11 is 0. The quantitative estimate of drug-likeness (QED) is 0.357. The van der Waals surface area contributed by atoms with Crippen molar-refractivity contribution in [3.05, 3.63) is 29.8 Å². The second kappa shape index (κ2) is 3.61. The molecule has 0 aliphatic carbocycles. The maximum atomic E-state index is 11.7. The standard InChI is InChI=1S/C10H12N4O/c11-9(12)13-10(15)14-6-5-7-3-1-2-4-8(7)14/h1-4H,5-6H2,(H4,11,12,13,15)/p+1. The Balaban J connectivity index is 2.28. The van der Waals surface area contributed by atoms with Gasteiger partial charge in [-0.3, -0.25) is 0 Å². The van der Waals surface area contributed by atoms with E-state index in [-0.39, 0.29) is 12.0 Å². The molecule has 1 aliphatic heterocycles. The molecule has 1 aromatic carbocycles. The molecule has 5 nitrogen and oxygen atoms in total. The normalized spacial score (nSPS) is 13.5. The molecule has 0 radical (unpaired) electrons. The van der Waals surface area contributed by atoms with E-state index in [0.29, 0.717) is 6.54 Å². The number of rotatable bonds is 0. The number of benzene rings is 1. The molecule has 1 aliphatic rings. The van der Waals surface area contributed by atoms with Crippen LogP contribution in [0.4, 0.5) is 10.5 Å². The third-order valence-electron chi connectivity index (χ3n) is 2.38. The third kappa shape index (κ3) is 1.76. The number of hydrogen-bond acceptors (Lipinski definition) is 1. The highest BCUT2D eigenvalue weighted by Crippen LogP contribution is 2.26. The molecular weight excluding hydrogens is 192 g/mol. The Kier molecular flexibility index (Phi) is 2.29. The molecule has 0 fully saturated rings. The number of urea groups is 1. The highest BCUT2D eigenvalue weighted by Gasteiger charge is 2.27. The summed E-state index contributed by atoms with van der Waals surface area (Å²) in [4.78, 5) is 15.7. The first kappa shape index (κ1) is 9.51. The first-order valence-electron chi connectivity index (χ1n) is 4.73. The lowest BCUT2D eigenvalue weighted by molar-refractivity contribution is -0.342. The molecule has 0 spiro atoms. The number of fused-ring (bicyclic) bond motifs is 1. The van der Waals surface area contributed by atoms with Gasteiger partial charge in [-0.05, 0) is 11.6 Å². The first-order valence-corrected chi connectivity index (χ1v) is 4.73. The summed E-state index contributed by atoms with van der Waals surface area (Å²) in [6, 6.07) is 7.51. The lowest BCUT2D eigenvalue weighted by atomic mass is 10.2. The van der Waals surface area contributed by atoms with Gasteiger partial charge in [0.25, 0.3) is 0 Å². The van der Waals surface area contributed by atoms with Crippen LogP contribution in [0.25, 0.3) is 0 Å². The van der Waals surface area contributed by atoms with Gasteiger partial charge in [0.1, 0.15) is 0 Å². The van der Waals surface area contributed by atoms with E-state index < -0.39 is 0 Å². The molecule has 5 heteroatoms. The summed E-state index contributed by atoms with van der Waals surface area (Å²) in [6.45, 7) is 0.665. The van der Waals surface area contributed by atoms with Crippen LogP contribution in [0.3, 0.4) is 0 Å². The summed E-state index contributed by atoms with van der Waals surface area (Å²) in [5.41, 5.74) is 12.5. The fourth-order valence-corrected chi connectivity index (χ4v) is 1.74. The lowest BCUT2D eigenvalue weighted by Gasteiger charge is -2.09. The number of carbonyl (C=O) groups excluding carboxylic acids is 1. The van der Waals surface area contributed by atoms with E-state index in [2.05, 4.69) is 4.99 Å². The summed E-state index contributed by atoms with van der Waals surface area (Å²) in [5, 5.41) is 0. The van der Waals surface area contributed by atoms with Gasteiger partial charge in [-0.25, -0.2) is 14.7 Å². The second-order valence-corrected chi connectivity index (χ2v) is 3.42. The van der Waals surface area contributed by atoms with Crippen LogP contribution in [-0.2, 0) is 6.42 Å². The Morgan fingerprint density at radius 1 is 1.33 bits per heavy atom. The Labute approximate surface area is 87.4 Å². The average molecular weight is 205 g/mol. The topological polar surface area (TPSA) is 86.3 Å². The van der Waals surface area contributed by atoms with E-state index in [9.17, 15) is 4.79 Å². The minimum atomic E-state index is -0.278. The molecule has 5 N–H and O–H groups in total. The molecule has 0 saturated carbocycles. The van der Waals surface area contributed by atoms with Crippen molar-refractivity contribution >= 4 is 17.7 Å². The van der Waals surface area contributed by atoms with Crippen molar-refractivity contribution in [2.24, 2.45) is 11.5 Å². The number of anilines is 1. The number of hydrogen-bond donors (Lipinski definition) is 3. The van der Waals surface area contributed by atoms with Crippen molar-refractivity contribution in [1.82, 2.24) is 0 Å². The summed E-state index contributed by atoms with van der Waals surface area (Å²) in [6.07, 6.45) is 0.869. The number of nitrogens with two attached hydrogens (primary N) is 2. The summed E-state index contributed by atoms with van der Waals surface area (Å²) in [5.74, 6) is -0.0793. The summed E-state index contributed by atoms with van der Waals surface area (Å²) in [7, 11) is 0. The van der Waals surface area contributed by atoms with Crippen molar-refractivity contribution in [1.29, 1.82) is 0 Å². The number of carbonyl (C=O) groups is 1. The molecule has 0 saturated heterocycles. The predicted molar refractivity (Wildman–Crippen MR) is 57.2 cm³/mol. The van der Waals surface area contributed by atoms with Gasteiger partial charge >= 0.3 is 12.0 Å². The maximum absolute atomic E-state index is 11.7. The zero-order valence-corrected chi connectivity index (χ0v) is 8.23. The van der Waals surface area contributed by atoms with Gasteiger partial charge < -0.3 is 11.5 Å². The molecule has 0 unspecified atom stereocenters. The van der Waals surface area contributed by atoms with Crippen LogP contribution in [-0.4, -0.2) is 18.5 Å². The van der Waals surface area contributed by atoms with E-state index in [1.54, 1.807) is 4.90 Å².